The number of aliphatic carboxylic acids is 1. The number of amides is 3. The summed E-state index contributed by atoms with van der Waals surface area (Å²) in [5, 5.41) is 10.2. The lowest BCUT2D eigenvalue weighted by Gasteiger charge is -2.28. The Balaban J connectivity index is 1.56. The molecule has 0 spiro atoms. The van der Waals surface area contributed by atoms with Gasteiger partial charge in [0.2, 0.25) is 11.8 Å². The average molecular weight is 394 g/mol. The second kappa shape index (κ2) is 7.38. The first kappa shape index (κ1) is 18.7. The van der Waals surface area contributed by atoms with Crippen LogP contribution in [0.3, 0.4) is 0 Å². The summed E-state index contributed by atoms with van der Waals surface area (Å²) in [6.45, 7) is -0.882. The molecule has 0 atom stereocenters. The molecule has 2 aromatic carbocycles. The van der Waals surface area contributed by atoms with E-state index >= 15 is 0 Å². The lowest BCUT2D eigenvalue weighted by molar-refractivity contribution is -0.158. The van der Waals surface area contributed by atoms with Crippen molar-refractivity contribution >= 4 is 23.9 Å². The molecule has 0 aromatic heterocycles. The predicted molar refractivity (Wildman–Crippen MR) is 100 cm³/mol. The number of imide groups is 1. The fraction of sp³-hybridized carbons (Fsp3) is 0.238. The minimum Gasteiger partial charge on any atom is -0.480 e. The van der Waals surface area contributed by atoms with Gasteiger partial charge in [0.05, 0.1) is 0 Å². The third-order valence-corrected chi connectivity index (χ3v) is 5.10. The van der Waals surface area contributed by atoms with Gasteiger partial charge in [-0.15, -0.1) is 0 Å². The van der Waals surface area contributed by atoms with Crippen LogP contribution in [0.1, 0.15) is 29.9 Å². The number of carboxylic acids is 1. The second-order valence-corrected chi connectivity index (χ2v) is 6.85. The molecule has 148 valence electrons. The first-order valence-corrected chi connectivity index (χ1v) is 9.17. The summed E-state index contributed by atoms with van der Waals surface area (Å²) in [5.74, 6) is -2.82. The summed E-state index contributed by atoms with van der Waals surface area (Å²) in [4.78, 5) is 47.7. The van der Waals surface area contributed by atoms with Crippen LogP contribution in [0.2, 0.25) is 0 Å². The Bertz CT molecular complexity index is 956. The van der Waals surface area contributed by atoms with Crippen LogP contribution in [0, 0.1) is 0 Å². The Kier molecular flexibility index (Phi) is 4.75. The number of hydrazine groups is 1. The summed E-state index contributed by atoms with van der Waals surface area (Å²) in [6.07, 6.45) is -1.17. The van der Waals surface area contributed by atoms with Crippen molar-refractivity contribution in [1.82, 2.24) is 10.0 Å². The van der Waals surface area contributed by atoms with Gasteiger partial charge < -0.3 is 9.84 Å². The Hall–Kier alpha value is -3.68. The molecule has 0 unspecified atom stereocenters. The summed E-state index contributed by atoms with van der Waals surface area (Å²) in [6, 6.07) is 15.6. The number of carboxylic acid groups (broad SMARTS) is 1. The Morgan fingerprint density at radius 3 is 2.00 bits per heavy atom. The second-order valence-electron chi connectivity index (χ2n) is 6.85. The molecule has 0 bridgehead atoms. The highest BCUT2D eigenvalue weighted by molar-refractivity contribution is 6.03. The van der Waals surface area contributed by atoms with Gasteiger partial charge in [-0.05, 0) is 22.3 Å². The van der Waals surface area contributed by atoms with Gasteiger partial charge in [-0.2, -0.15) is 10.0 Å². The van der Waals surface area contributed by atoms with E-state index in [1.165, 1.54) is 0 Å². The maximum Gasteiger partial charge on any atom is 0.429 e. The van der Waals surface area contributed by atoms with E-state index in [0.29, 0.717) is 10.0 Å². The number of ether oxygens (including phenoxy) is 1. The van der Waals surface area contributed by atoms with Crippen molar-refractivity contribution in [3.05, 3.63) is 59.7 Å². The molecule has 2 aromatic rings. The van der Waals surface area contributed by atoms with Crippen molar-refractivity contribution in [2.75, 3.05) is 13.2 Å². The largest absolute Gasteiger partial charge is 0.480 e. The van der Waals surface area contributed by atoms with Gasteiger partial charge in [-0.1, -0.05) is 48.5 Å². The van der Waals surface area contributed by atoms with E-state index in [1.54, 1.807) is 0 Å². The molecule has 1 saturated heterocycles. The van der Waals surface area contributed by atoms with Crippen LogP contribution in [0.4, 0.5) is 4.79 Å². The molecule has 4 rings (SSSR count). The highest BCUT2D eigenvalue weighted by Gasteiger charge is 2.39. The molecular formula is C21H18N2O6. The molecule has 8 nitrogen and oxygen atoms in total. The Labute approximate surface area is 166 Å². The van der Waals surface area contributed by atoms with E-state index in [1.807, 2.05) is 48.5 Å². The molecule has 1 aliphatic carbocycles. The number of hydrogen-bond acceptors (Lipinski definition) is 5. The smallest absolute Gasteiger partial charge is 0.429 e. The highest BCUT2D eigenvalue weighted by Crippen LogP contribution is 2.44. The Morgan fingerprint density at radius 2 is 1.48 bits per heavy atom. The molecule has 0 radical (unpaired) electrons. The zero-order valence-corrected chi connectivity index (χ0v) is 15.4. The highest BCUT2D eigenvalue weighted by atomic mass is 16.6. The zero-order valence-electron chi connectivity index (χ0n) is 15.4. The summed E-state index contributed by atoms with van der Waals surface area (Å²) in [5.41, 5.74) is 4.10. The number of fused-ring (bicyclic) bond motifs is 3. The molecule has 3 amide bonds. The fourth-order valence-electron chi connectivity index (χ4n) is 3.85. The minimum absolute atomic E-state index is 0.0425. The number of benzene rings is 2. The van der Waals surface area contributed by atoms with Crippen molar-refractivity contribution in [2.45, 2.75) is 18.8 Å². The van der Waals surface area contributed by atoms with E-state index in [2.05, 4.69) is 0 Å². The zero-order chi connectivity index (χ0) is 20.5. The van der Waals surface area contributed by atoms with Gasteiger partial charge >= 0.3 is 12.1 Å². The molecule has 29 heavy (non-hydrogen) atoms. The van der Waals surface area contributed by atoms with Gasteiger partial charge in [-0.25, -0.2) is 4.79 Å². The number of nitrogens with zero attached hydrogens (tertiary/aromatic N) is 2. The molecule has 1 fully saturated rings. The van der Waals surface area contributed by atoms with E-state index in [0.717, 1.165) is 22.3 Å². The predicted octanol–water partition coefficient (Wildman–Crippen LogP) is 2.39. The van der Waals surface area contributed by atoms with Crippen molar-refractivity contribution in [2.24, 2.45) is 0 Å². The van der Waals surface area contributed by atoms with Gasteiger partial charge in [0, 0.05) is 18.8 Å². The first-order chi connectivity index (χ1) is 14.0. The number of carbonyl (C=O) groups excluding carboxylic acids is 3. The van der Waals surface area contributed by atoms with Crippen LogP contribution in [0.15, 0.2) is 48.5 Å². The van der Waals surface area contributed by atoms with E-state index in [9.17, 15) is 19.2 Å². The number of carbonyl (C=O) groups is 4. The van der Waals surface area contributed by atoms with Gasteiger partial charge in [-0.3, -0.25) is 14.4 Å². The van der Waals surface area contributed by atoms with Crippen molar-refractivity contribution < 1.29 is 29.0 Å². The molecule has 1 aliphatic heterocycles. The molecule has 1 N–H and O–H groups in total. The van der Waals surface area contributed by atoms with Crippen LogP contribution < -0.4 is 0 Å². The SMILES string of the molecule is O=C(O)CN(C(=O)OCC1c2ccccc2-c2ccccc21)N1C(=O)CCC1=O. The van der Waals surface area contributed by atoms with Gasteiger partial charge in [0.25, 0.3) is 0 Å². The molecule has 0 saturated carbocycles. The van der Waals surface area contributed by atoms with E-state index < -0.39 is 30.4 Å². The standard InChI is InChI=1S/C21H18N2O6/c24-18-9-10-19(25)23(18)22(11-20(26)27)21(28)29-12-17-15-7-3-1-5-13(15)14-6-2-4-8-16(14)17/h1-8,17H,9-12H2,(H,26,27). The maximum atomic E-state index is 12.6. The van der Waals surface area contributed by atoms with Crippen LogP contribution in [-0.4, -0.2) is 52.2 Å². The van der Waals surface area contributed by atoms with Crippen LogP contribution >= 0.6 is 0 Å². The molecule has 8 heteroatoms. The minimum atomic E-state index is -1.36. The maximum absolute atomic E-state index is 12.6. The molecule has 1 heterocycles. The van der Waals surface area contributed by atoms with E-state index in [-0.39, 0.29) is 25.4 Å². The Morgan fingerprint density at radius 1 is 0.966 bits per heavy atom. The normalized spacial score (nSPS) is 15.2. The van der Waals surface area contributed by atoms with Crippen LogP contribution in [0.25, 0.3) is 11.1 Å². The molecular weight excluding hydrogens is 376 g/mol. The summed E-state index contributed by atoms with van der Waals surface area (Å²) in [7, 11) is 0. The third kappa shape index (κ3) is 3.33. The lowest BCUT2D eigenvalue weighted by Crippen LogP contribution is -2.51. The quantitative estimate of drug-likeness (QED) is 0.781. The van der Waals surface area contributed by atoms with E-state index in [4.69, 9.17) is 9.84 Å². The average Bonchev–Trinajstić information content (AvgIpc) is 3.21. The lowest BCUT2D eigenvalue weighted by atomic mass is 9.98. The van der Waals surface area contributed by atoms with Gasteiger partial charge in [0.15, 0.2) is 0 Å². The molecule has 2 aliphatic rings. The van der Waals surface area contributed by atoms with Crippen LogP contribution in [-0.2, 0) is 19.1 Å². The fourth-order valence-corrected chi connectivity index (χ4v) is 3.85. The topological polar surface area (TPSA) is 104 Å². The number of hydrogen-bond donors (Lipinski definition) is 1. The van der Waals surface area contributed by atoms with Crippen molar-refractivity contribution in [3.8, 4) is 11.1 Å². The van der Waals surface area contributed by atoms with Crippen molar-refractivity contribution in [1.29, 1.82) is 0 Å². The summed E-state index contributed by atoms with van der Waals surface area (Å²) >= 11 is 0. The first-order valence-electron chi connectivity index (χ1n) is 9.17. The third-order valence-electron chi connectivity index (χ3n) is 5.10. The number of rotatable bonds is 5. The van der Waals surface area contributed by atoms with Gasteiger partial charge in [0.1, 0.15) is 13.2 Å². The monoisotopic (exact) mass is 394 g/mol. The van der Waals surface area contributed by atoms with Crippen LogP contribution in [0.5, 0.6) is 0 Å². The summed E-state index contributed by atoms with van der Waals surface area (Å²) < 4.78 is 5.39. The van der Waals surface area contributed by atoms with Crippen molar-refractivity contribution in [3.63, 3.8) is 0 Å².